The fourth-order valence-corrected chi connectivity index (χ4v) is 0.921. The number of rotatable bonds is 5. The number of carbonyl (C=O) groups is 2. The summed E-state index contributed by atoms with van der Waals surface area (Å²) in [4.78, 5) is 21.7. The lowest BCUT2D eigenvalue weighted by Gasteiger charge is -2.17. The van der Waals surface area contributed by atoms with E-state index in [4.69, 9.17) is 0 Å². The molecule has 2 heteroatoms. The first-order chi connectivity index (χ1) is 5.37. The number of ketones is 2. The fraction of sp³-hybridized carbons (Fsp3) is 0.600. The summed E-state index contributed by atoms with van der Waals surface area (Å²) < 4.78 is 0. The van der Waals surface area contributed by atoms with Gasteiger partial charge in [-0.1, -0.05) is 19.9 Å². The maximum absolute atomic E-state index is 11.2. The van der Waals surface area contributed by atoms with Crippen LogP contribution < -0.4 is 0 Å². The summed E-state index contributed by atoms with van der Waals surface area (Å²) in [6, 6.07) is 0. The van der Waals surface area contributed by atoms with Gasteiger partial charge in [0.05, 0.1) is 6.42 Å². The molecule has 0 spiro atoms. The van der Waals surface area contributed by atoms with Crippen LogP contribution in [-0.4, -0.2) is 11.6 Å². The van der Waals surface area contributed by atoms with Crippen molar-refractivity contribution in [2.45, 2.75) is 33.6 Å². The van der Waals surface area contributed by atoms with Crippen LogP contribution >= 0.6 is 0 Å². The normalized spacial score (nSPS) is 10.9. The van der Waals surface area contributed by atoms with Crippen LogP contribution in [0.4, 0.5) is 0 Å². The van der Waals surface area contributed by atoms with E-state index in [9.17, 15) is 9.59 Å². The Morgan fingerprint density at radius 2 is 1.92 bits per heavy atom. The quantitative estimate of drug-likeness (QED) is 0.465. The highest BCUT2D eigenvalue weighted by Gasteiger charge is 2.18. The SMILES string of the molecule is C=CC(C)(C)CC(=O)CC(C)=O. The van der Waals surface area contributed by atoms with Crippen LogP contribution in [0.2, 0.25) is 0 Å². The Kier molecular flexibility index (Phi) is 3.87. The molecule has 0 aromatic rings. The van der Waals surface area contributed by atoms with Crippen LogP contribution in [0, 0.1) is 5.41 Å². The zero-order valence-electron chi connectivity index (χ0n) is 8.02. The number of Topliss-reactive ketones (excluding diaryl/α,β-unsaturated/α-hetero) is 2. The van der Waals surface area contributed by atoms with Crippen LogP contribution in [0.5, 0.6) is 0 Å². The van der Waals surface area contributed by atoms with E-state index in [0.29, 0.717) is 6.42 Å². The smallest absolute Gasteiger partial charge is 0.141 e. The zero-order valence-corrected chi connectivity index (χ0v) is 8.02. The molecule has 68 valence electrons. The van der Waals surface area contributed by atoms with Crippen molar-refractivity contribution in [1.82, 2.24) is 0 Å². The Morgan fingerprint density at radius 1 is 1.42 bits per heavy atom. The van der Waals surface area contributed by atoms with Gasteiger partial charge >= 0.3 is 0 Å². The van der Waals surface area contributed by atoms with Gasteiger partial charge in [-0.25, -0.2) is 0 Å². The molecular weight excluding hydrogens is 152 g/mol. The van der Waals surface area contributed by atoms with Crippen LogP contribution in [0.1, 0.15) is 33.6 Å². The molecule has 0 unspecified atom stereocenters. The van der Waals surface area contributed by atoms with E-state index in [2.05, 4.69) is 6.58 Å². The molecule has 0 saturated heterocycles. The minimum Gasteiger partial charge on any atom is -0.300 e. The molecule has 0 rings (SSSR count). The Labute approximate surface area is 73.7 Å². The maximum Gasteiger partial charge on any atom is 0.141 e. The molecule has 0 heterocycles. The number of hydrogen-bond donors (Lipinski definition) is 0. The molecule has 0 saturated carbocycles. The van der Waals surface area contributed by atoms with Crippen molar-refractivity contribution in [3.05, 3.63) is 12.7 Å². The Hall–Kier alpha value is -0.920. The molecule has 0 aromatic heterocycles. The Balaban J connectivity index is 4.00. The van der Waals surface area contributed by atoms with E-state index in [-0.39, 0.29) is 23.4 Å². The van der Waals surface area contributed by atoms with E-state index in [1.54, 1.807) is 6.08 Å². The number of allylic oxidation sites excluding steroid dienone is 1. The first-order valence-electron chi connectivity index (χ1n) is 4.02. The minimum absolute atomic E-state index is 0.00704. The molecule has 0 aliphatic rings. The van der Waals surface area contributed by atoms with Crippen molar-refractivity contribution >= 4 is 11.6 Å². The summed E-state index contributed by atoms with van der Waals surface area (Å²) in [5.74, 6) is -0.0766. The minimum atomic E-state index is -0.188. The second-order valence-electron chi connectivity index (χ2n) is 3.79. The number of hydrogen-bond acceptors (Lipinski definition) is 2. The van der Waals surface area contributed by atoms with Crippen molar-refractivity contribution in [3.8, 4) is 0 Å². The molecule has 0 fully saturated rings. The summed E-state index contributed by atoms with van der Waals surface area (Å²) in [7, 11) is 0. The first kappa shape index (κ1) is 11.1. The van der Waals surface area contributed by atoms with Gasteiger partial charge in [0.1, 0.15) is 11.6 Å². The highest BCUT2D eigenvalue weighted by atomic mass is 16.1. The van der Waals surface area contributed by atoms with E-state index < -0.39 is 0 Å². The van der Waals surface area contributed by atoms with Crippen molar-refractivity contribution in [2.75, 3.05) is 0 Å². The summed E-state index contributed by atoms with van der Waals surface area (Å²) in [6.45, 7) is 8.91. The average Bonchev–Trinajstić information content (AvgIpc) is 1.84. The first-order valence-corrected chi connectivity index (χ1v) is 4.02. The summed E-state index contributed by atoms with van der Waals surface area (Å²) in [6.07, 6.45) is 2.19. The van der Waals surface area contributed by atoms with Crippen LogP contribution in [-0.2, 0) is 9.59 Å². The van der Waals surface area contributed by atoms with E-state index >= 15 is 0 Å². The summed E-state index contributed by atoms with van der Waals surface area (Å²) >= 11 is 0. The molecule has 12 heavy (non-hydrogen) atoms. The molecule has 0 bridgehead atoms. The van der Waals surface area contributed by atoms with Crippen molar-refractivity contribution in [3.63, 3.8) is 0 Å². The van der Waals surface area contributed by atoms with Crippen LogP contribution in [0.25, 0.3) is 0 Å². The highest BCUT2D eigenvalue weighted by molar-refractivity contribution is 5.98. The van der Waals surface area contributed by atoms with Crippen molar-refractivity contribution < 1.29 is 9.59 Å². The zero-order chi connectivity index (χ0) is 9.78. The van der Waals surface area contributed by atoms with Crippen molar-refractivity contribution in [2.24, 2.45) is 5.41 Å². The van der Waals surface area contributed by atoms with Gasteiger partial charge in [0.2, 0.25) is 0 Å². The van der Waals surface area contributed by atoms with Gasteiger partial charge in [0.25, 0.3) is 0 Å². The van der Waals surface area contributed by atoms with Gasteiger partial charge in [-0.15, -0.1) is 6.58 Å². The monoisotopic (exact) mass is 168 g/mol. The molecule has 2 nitrogen and oxygen atoms in total. The molecule has 0 radical (unpaired) electrons. The van der Waals surface area contributed by atoms with E-state index in [1.165, 1.54) is 6.92 Å². The van der Waals surface area contributed by atoms with Gasteiger partial charge in [-0.3, -0.25) is 9.59 Å². The standard InChI is InChI=1S/C10H16O2/c1-5-10(3,4)7-9(12)6-8(2)11/h5H,1,6-7H2,2-4H3. The molecule has 0 aromatic carbocycles. The van der Waals surface area contributed by atoms with Crippen molar-refractivity contribution in [1.29, 1.82) is 0 Å². The molecule has 0 aliphatic carbocycles. The second kappa shape index (κ2) is 4.19. The second-order valence-corrected chi connectivity index (χ2v) is 3.79. The molecule has 0 aliphatic heterocycles. The lowest BCUT2D eigenvalue weighted by atomic mass is 9.86. The Morgan fingerprint density at radius 3 is 2.25 bits per heavy atom. The van der Waals surface area contributed by atoms with E-state index in [0.717, 1.165) is 0 Å². The average molecular weight is 168 g/mol. The third kappa shape index (κ3) is 4.83. The van der Waals surface area contributed by atoms with Gasteiger partial charge in [-0.2, -0.15) is 0 Å². The summed E-state index contributed by atoms with van der Waals surface area (Å²) in [5, 5.41) is 0. The van der Waals surface area contributed by atoms with E-state index in [1.807, 2.05) is 13.8 Å². The molecular formula is C10H16O2. The van der Waals surface area contributed by atoms with Crippen LogP contribution in [0.15, 0.2) is 12.7 Å². The van der Waals surface area contributed by atoms with Crippen LogP contribution in [0.3, 0.4) is 0 Å². The Bertz CT molecular complexity index is 202. The number of carbonyl (C=O) groups excluding carboxylic acids is 2. The van der Waals surface area contributed by atoms with Gasteiger partial charge in [0.15, 0.2) is 0 Å². The third-order valence-corrected chi connectivity index (χ3v) is 1.65. The van der Waals surface area contributed by atoms with Gasteiger partial charge in [-0.05, 0) is 12.3 Å². The highest BCUT2D eigenvalue weighted by Crippen LogP contribution is 2.22. The lowest BCUT2D eigenvalue weighted by molar-refractivity contribution is -0.126. The fourth-order valence-electron chi connectivity index (χ4n) is 0.921. The lowest BCUT2D eigenvalue weighted by Crippen LogP contribution is -2.15. The largest absolute Gasteiger partial charge is 0.300 e. The molecule has 0 atom stereocenters. The maximum atomic E-state index is 11.2. The third-order valence-electron chi connectivity index (χ3n) is 1.65. The van der Waals surface area contributed by atoms with Gasteiger partial charge < -0.3 is 0 Å². The summed E-state index contributed by atoms with van der Waals surface area (Å²) in [5.41, 5.74) is -0.188. The predicted molar refractivity (Wildman–Crippen MR) is 48.9 cm³/mol. The molecule has 0 amide bonds. The van der Waals surface area contributed by atoms with Gasteiger partial charge in [0, 0.05) is 6.42 Å². The molecule has 0 N–H and O–H groups in total. The predicted octanol–water partition coefficient (Wildman–Crippen LogP) is 2.14. The topological polar surface area (TPSA) is 34.1 Å².